The standard InChI is InChI=1S/C55H35N/c1-4-17-36(18-5-1)39-23-16-24-41(33-39)56-51-32-31-40(37-19-6-2-7-20-37)34-46(51)47-35-45(38-21-8-3-9-22-38)52-44-27-12-15-30-50(44)55(53(52)54(47)56)48-28-13-10-25-42(48)43-26-11-14-29-49(43)55/h1-35H. The Kier molecular flexibility index (Phi) is 6.62. The molecule has 1 nitrogen and oxygen atoms in total. The van der Waals surface area contributed by atoms with Crippen molar-refractivity contribution < 1.29 is 0 Å². The van der Waals surface area contributed by atoms with Gasteiger partial charge in [0.25, 0.3) is 0 Å². The van der Waals surface area contributed by atoms with E-state index in [0.29, 0.717) is 0 Å². The van der Waals surface area contributed by atoms with E-state index in [1.165, 1.54) is 99.7 Å². The smallest absolute Gasteiger partial charge is 0.0746 e. The molecule has 0 unspecified atom stereocenters. The van der Waals surface area contributed by atoms with Gasteiger partial charge >= 0.3 is 0 Å². The average molecular weight is 710 g/mol. The van der Waals surface area contributed by atoms with Gasteiger partial charge in [0.05, 0.1) is 16.4 Å². The van der Waals surface area contributed by atoms with Crippen molar-refractivity contribution >= 4 is 21.8 Å². The van der Waals surface area contributed by atoms with Crippen molar-refractivity contribution in [2.24, 2.45) is 0 Å². The quantitative estimate of drug-likeness (QED) is 0.171. The van der Waals surface area contributed by atoms with Crippen LogP contribution >= 0.6 is 0 Å². The molecule has 2 aliphatic carbocycles. The van der Waals surface area contributed by atoms with Crippen LogP contribution in [0.3, 0.4) is 0 Å². The number of fused-ring (bicyclic) bond motifs is 14. The second-order valence-corrected chi connectivity index (χ2v) is 15.2. The molecule has 260 valence electrons. The summed E-state index contributed by atoms with van der Waals surface area (Å²) in [6.45, 7) is 0. The summed E-state index contributed by atoms with van der Waals surface area (Å²) in [4.78, 5) is 0. The molecule has 9 aromatic carbocycles. The molecule has 1 spiro atoms. The molecule has 1 aromatic heterocycles. The minimum Gasteiger partial charge on any atom is -0.309 e. The molecule has 0 saturated heterocycles. The lowest BCUT2D eigenvalue weighted by Crippen LogP contribution is -2.26. The zero-order valence-electron chi connectivity index (χ0n) is 30.7. The second kappa shape index (κ2) is 11.9. The van der Waals surface area contributed by atoms with Gasteiger partial charge in [0.1, 0.15) is 0 Å². The van der Waals surface area contributed by atoms with Crippen molar-refractivity contribution in [3.8, 4) is 61.3 Å². The molecule has 0 aliphatic heterocycles. The van der Waals surface area contributed by atoms with Crippen LogP contribution in [-0.4, -0.2) is 4.57 Å². The molecule has 56 heavy (non-hydrogen) atoms. The molecule has 0 N–H and O–H groups in total. The molecule has 1 heteroatoms. The lowest BCUT2D eigenvalue weighted by molar-refractivity contribution is 0.797. The average Bonchev–Trinajstić information content (AvgIpc) is 3.89. The molecule has 0 saturated carbocycles. The number of aromatic nitrogens is 1. The van der Waals surface area contributed by atoms with E-state index in [1.54, 1.807) is 0 Å². The highest BCUT2D eigenvalue weighted by molar-refractivity contribution is 6.18. The summed E-state index contributed by atoms with van der Waals surface area (Å²) in [5.41, 5.74) is 21.0. The maximum atomic E-state index is 2.58. The predicted octanol–water partition coefficient (Wildman–Crippen LogP) is 14.1. The molecule has 2 aliphatic rings. The van der Waals surface area contributed by atoms with Crippen LogP contribution < -0.4 is 0 Å². The van der Waals surface area contributed by atoms with Gasteiger partial charge in [0.15, 0.2) is 0 Å². The van der Waals surface area contributed by atoms with Gasteiger partial charge in [-0.1, -0.05) is 182 Å². The van der Waals surface area contributed by atoms with Crippen LogP contribution in [0.25, 0.3) is 83.1 Å². The lowest BCUT2D eigenvalue weighted by Gasteiger charge is -2.32. The van der Waals surface area contributed by atoms with Crippen molar-refractivity contribution in [3.63, 3.8) is 0 Å². The first kappa shape index (κ1) is 31.2. The van der Waals surface area contributed by atoms with Gasteiger partial charge in [-0.3, -0.25) is 0 Å². The Morgan fingerprint density at radius 3 is 1.45 bits per heavy atom. The number of rotatable bonds is 4. The topological polar surface area (TPSA) is 4.93 Å². The lowest BCUT2D eigenvalue weighted by atomic mass is 9.70. The maximum Gasteiger partial charge on any atom is 0.0746 e. The van der Waals surface area contributed by atoms with Gasteiger partial charge in [0.2, 0.25) is 0 Å². The van der Waals surface area contributed by atoms with Crippen molar-refractivity contribution in [1.29, 1.82) is 0 Å². The van der Waals surface area contributed by atoms with E-state index < -0.39 is 5.41 Å². The number of benzene rings is 9. The van der Waals surface area contributed by atoms with E-state index in [1.807, 2.05) is 0 Å². The van der Waals surface area contributed by atoms with Gasteiger partial charge in [-0.25, -0.2) is 0 Å². The van der Waals surface area contributed by atoms with Gasteiger partial charge in [-0.15, -0.1) is 0 Å². The molecule has 0 atom stereocenters. The first-order chi connectivity index (χ1) is 27.8. The summed E-state index contributed by atoms with van der Waals surface area (Å²) in [7, 11) is 0. The monoisotopic (exact) mass is 709 g/mol. The first-order valence-electron chi connectivity index (χ1n) is 19.5. The van der Waals surface area contributed by atoms with Crippen LogP contribution in [-0.2, 0) is 5.41 Å². The first-order valence-corrected chi connectivity index (χ1v) is 19.5. The normalized spacial score (nSPS) is 13.1. The summed E-state index contributed by atoms with van der Waals surface area (Å²) >= 11 is 0. The van der Waals surface area contributed by atoms with Crippen molar-refractivity contribution in [2.75, 3.05) is 0 Å². The summed E-state index contributed by atoms with van der Waals surface area (Å²) in [5.74, 6) is 0. The molecule has 0 fully saturated rings. The highest BCUT2D eigenvalue weighted by Crippen LogP contribution is 2.66. The fourth-order valence-electron chi connectivity index (χ4n) is 10.2. The fraction of sp³-hybridized carbons (Fsp3) is 0.0182. The van der Waals surface area contributed by atoms with E-state index in [-0.39, 0.29) is 0 Å². The largest absolute Gasteiger partial charge is 0.309 e. The molecule has 12 rings (SSSR count). The van der Waals surface area contributed by atoms with Crippen LogP contribution in [0.1, 0.15) is 22.3 Å². The summed E-state index contributed by atoms with van der Waals surface area (Å²) in [6.07, 6.45) is 0. The highest BCUT2D eigenvalue weighted by atomic mass is 15.0. The van der Waals surface area contributed by atoms with E-state index in [0.717, 1.165) is 5.69 Å². The molecule has 10 aromatic rings. The third-order valence-electron chi connectivity index (χ3n) is 12.4. The van der Waals surface area contributed by atoms with Crippen molar-refractivity contribution in [1.82, 2.24) is 4.57 Å². The zero-order chi connectivity index (χ0) is 36.8. The Morgan fingerprint density at radius 1 is 0.321 bits per heavy atom. The molecular formula is C55H35N. The maximum absolute atomic E-state index is 2.58. The Labute approximate surface area is 326 Å². The molecule has 0 bridgehead atoms. The van der Waals surface area contributed by atoms with E-state index in [2.05, 4.69) is 217 Å². The molecular weight excluding hydrogens is 675 g/mol. The number of nitrogens with zero attached hydrogens (tertiary/aromatic N) is 1. The second-order valence-electron chi connectivity index (χ2n) is 15.2. The Balaban J connectivity index is 1.32. The van der Waals surface area contributed by atoms with E-state index in [9.17, 15) is 0 Å². The third kappa shape index (κ3) is 4.20. The Bertz CT molecular complexity index is 3120. The zero-order valence-corrected chi connectivity index (χ0v) is 30.7. The van der Waals surface area contributed by atoms with Crippen LogP contribution in [0.4, 0.5) is 0 Å². The number of hydrogen-bond donors (Lipinski definition) is 0. The molecule has 1 heterocycles. The Morgan fingerprint density at radius 2 is 0.821 bits per heavy atom. The van der Waals surface area contributed by atoms with Crippen molar-refractivity contribution in [2.45, 2.75) is 5.41 Å². The van der Waals surface area contributed by atoms with E-state index in [4.69, 9.17) is 0 Å². The molecule has 0 amide bonds. The SMILES string of the molecule is c1ccc(-c2cccc(-n3c4ccc(-c5ccccc5)cc4c4cc(-c5ccccc5)c5c(c43)C3(c4ccccc4-c4ccccc43)c3ccccc3-5)c2)cc1. The van der Waals surface area contributed by atoms with Crippen molar-refractivity contribution in [3.05, 3.63) is 235 Å². The number of hydrogen-bond acceptors (Lipinski definition) is 0. The minimum atomic E-state index is -0.534. The minimum absolute atomic E-state index is 0.534. The summed E-state index contributed by atoms with van der Waals surface area (Å²) < 4.78 is 2.58. The van der Waals surface area contributed by atoms with Crippen LogP contribution in [0, 0.1) is 0 Å². The third-order valence-corrected chi connectivity index (χ3v) is 12.4. The van der Waals surface area contributed by atoms with Crippen LogP contribution in [0.2, 0.25) is 0 Å². The molecule has 0 radical (unpaired) electrons. The predicted molar refractivity (Wildman–Crippen MR) is 233 cm³/mol. The van der Waals surface area contributed by atoms with Gasteiger partial charge < -0.3 is 4.57 Å². The van der Waals surface area contributed by atoms with Gasteiger partial charge in [-0.05, 0) is 103 Å². The van der Waals surface area contributed by atoms with E-state index >= 15 is 0 Å². The summed E-state index contributed by atoms with van der Waals surface area (Å²) in [6, 6.07) is 78.8. The van der Waals surface area contributed by atoms with Crippen LogP contribution in [0.5, 0.6) is 0 Å². The summed E-state index contributed by atoms with van der Waals surface area (Å²) in [5, 5.41) is 2.51. The van der Waals surface area contributed by atoms with Gasteiger partial charge in [0, 0.05) is 22.0 Å². The fourth-order valence-corrected chi connectivity index (χ4v) is 10.2. The highest BCUT2D eigenvalue weighted by Gasteiger charge is 2.53. The Hall–Kier alpha value is -7.22. The van der Waals surface area contributed by atoms with Gasteiger partial charge in [-0.2, -0.15) is 0 Å². The van der Waals surface area contributed by atoms with Crippen LogP contribution in [0.15, 0.2) is 212 Å².